The molecule has 2 rings (SSSR count). The zero-order valence-electron chi connectivity index (χ0n) is 11.3. The van der Waals surface area contributed by atoms with Crippen molar-refractivity contribution in [3.05, 3.63) is 0 Å². The van der Waals surface area contributed by atoms with Crippen molar-refractivity contribution in [2.24, 2.45) is 11.7 Å². The molecule has 2 fully saturated rings. The van der Waals surface area contributed by atoms with E-state index in [1.54, 1.807) is 7.11 Å². The van der Waals surface area contributed by atoms with Crippen LogP contribution in [0.25, 0.3) is 0 Å². The summed E-state index contributed by atoms with van der Waals surface area (Å²) in [6.07, 6.45) is 3.80. The molecule has 0 amide bonds. The molecule has 0 spiro atoms. The van der Waals surface area contributed by atoms with Gasteiger partial charge in [-0.15, -0.1) is 0 Å². The van der Waals surface area contributed by atoms with Crippen molar-refractivity contribution in [3.63, 3.8) is 0 Å². The van der Waals surface area contributed by atoms with Crippen molar-refractivity contribution in [1.82, 2.24) is 9.80 Å². The molecule has 0 aromatic carbocycles. The summed E-state index contributed by atoms with van der Waals surface area (Å²) >= 11 is 0. The summed E-state index contributed by atoms with van der Waals surface area (Å²) in [6.45, 7) is 6.39. The molecule has 100 valence electrons. The fourth-order valence-electron chi connectivity index (χ4n) is 3.53. The monoisotopic (exact) mass is 241 g/mol. The predicted molar refractivity (Wildman–Crippen MR) is 70.1 cm³/mol. The van der Waals surface area contributed by atoms with Crippen molar-refractivity contribution >= 4 is 0 Å². The van der Waals surface area contributed by atoms with Crippen LogP contribution in [0.3, 0.4) is 0 Å². The molecule has 2 aliphatic rings. The van der Waals surface area contributed by atoms with Crippen LogP contribution in [-0.2, 0) is 4.74 Å². The first-order chi connectivity index (χ1) is 8.20. The molecule has 17 heavy (non-hydrogen) atoms. The number of hydrogen-bond acceptors (Lipinski definition) is 4. The summed E-state index contributed by atoms with van der Waals surface area (Å²) in [4.78, 5) is 5.06. The van der Waals surface area contributed by atoms with E-state index < -0.39 is 0 Å². The van der Waals surface area contributed by atoms with Crippen LogP contribution < -0.4 is 5.73 Å². The summed E-state index contributed by atoms with van der Waals surface area (Å²) in [7, 11) is 4.02. The molecule has 2 aliphatic heterocycles. The summed E-state index contributed by atoms with van der Waals surface area (Å²) in [5, 5.41) is 0. The highest BCUT2D eigenvalue weighted by Gasteiger charge is 2.41. The molecule has 0 aromatic heterocycles. The summed E-state index contributed by atoms with van der Waals surface area (Å²) in [5.74, 6) is 0.704. The third kappa shape index (κ3) is 2.81. The van der Waals surface area contributed by atoms with Crippen molar-refractivity contribution in [2.75, 3.05) is 53.5 Å². The van der Waals surface area contributed by atoms with E-state index in [0.717, 1.165) is 19.7 Å². The number of likely N-dealkylation sites (tertiary alicyclic amines) is 2. The van der Waals surface area contributed by atoms with Gasteiger partial charge in [-0.1, -0.05) is 0 Å². The minimum atomic E-state index is 0.232. The van der Waals surface area contributed by atoms with Gasteiger partial charge in [0.2, 0.25) is 0 Å². The molecule has 2 heterocycles. The zero-order valence-corrected chi connectivity index (χ0v) is 11.3. The van der Waals surface area contributed by atoms with Gasteiger partial charge in [0.15, 0.2) is 0 Å². The molecule has 0 saturated carbocycles. The molecule has 0 aromatic rings. The second kappa shape index (κ2) is 5.65. The lowest BCUT2D eigenvalue weighted by Gasteiger charge is -2.47. The van der Waals surface area contributed by atoms with E-state index in [1.807, 2.05) is 0 Å². The third-order valence-corrected chi connectivity index (χ3v) is 4.49. The van der Waals surface area contributed by atoms with Gasteiger partial charge >= 0.3 is 0 Å². The third-order valence-electron chi connectivity index (χ3n) is 4.49. The summed E-state index contributed by atoms with van der Waals surface area (Å²) < 4.78 is 5.28. The normalized spacial score (nSPS) is 36.5. The van der Waals surface area contributed by atoms with E-state index in [1.165, 1.54) is 38.9 Å². The fraction of sp³-hybridized carbons (Fsp3) is 1.00. The maximum absolute atomic E-state index is 6.10. The second-order valence-corrected chi connectivity index (χ2v) is 5.83. The van der Waals surface area contributed by atoms with E-state index in [-0.39, 0.29) is 5.54 Å². The highest BCUT2D eigenvalue weighted by molar-refractivity contribution is 4.99. The van der Waals surface area contributed by atoms with Gasteiger partial charge in [0.1, 0.15) is 0 Å². The van der Waals surface area contributed by atoms with Crippen molar-refractivity contribution in [1.29, 1.82) is 0 Å². The molecule has 4 heteroatoms. The number of hydrogen-bond donors (Lipinski definition) is 1. The zero-order chi connectivity index (χ0) is 12.3. The molecule has 0 radical (unpaired) electrons. The van der Waals surface area contributed by atoms with Gasteiger partial charge in [0.25, 0.3) is 0 Å². The molecular weight excluding hydrogens is 214 g/mol. The van der Waals surface area contributed by atoms with Gasteiger partial charge in [0, 0.05) is 32.3 Å². The molecular formula is C13H27N3O. The number of piperidine rings is 1. The van der Waals surface area contributed by atoms with Crippen LogP contribution in [-0.4, -0.2) is 68.8 Å². The average molecular weight is 241 g/mol. The average Bonchev–Trinajstić information content (AvgIpc) is 2.78. The van der Waals surface area contributed by atoms with E-state index in [0.29, 0.717) is 5.92 Å². The summed E-state index contributed by atoms with van der Waals surface area (Å²) in [6, 6.07) is 0. The smallest absolute Gasteiger partial charge is 0.0503 e. The van der Waals surface area contributed by atoms with Gasteiger partial charge in [-0.05, 0) is 45.3 Å². The SMILES string of the molecule is COCC1CCN(C2(CN)CCCN(C)C2)C1. The Bertz CT molecular complexity index is 249. The Kier molecular flexibility index (Phi) is 4.42. The molecule has 2 saturated heterocycles. The first-order valence-corrected chi connectivity index (χ1v) is 6.83. The highest BCUT2D eigenvalue weighted by atomic mass is 16.5. The Balaban J connectivity index is 1.98. The standard InChI is InChI=1S/C13H27N3O/c1-15-6-3-5-13(10-14,11-15)16-7-4-12(8-16)9-17-2/h12H,3-11,14H2,1-2H3. The lowest BCUT2D eigenvalue weighted by atomic mass is 9.87. The number of ether oxygens (including phenoxy) is 1. The minimum Gasteiger partial charge on any atom is -0.384 e. The Morgan fingerprint density at radius 2 is 2.24 bits per heavy atom. The van der Waals surface area contributed by atoms with Crippen LogP contribution in [0.1, 0.15) is 19.3 Å². The van der Waals surface area contributed by atoms with Gasteiger partial charge in [0.05, 0.1) is 6.61 Å². The predicted octanol–water partition coefficient (Wildman–Crippen LogP) is 0.378. The number of rotatable bonds is 4. The van der Waals surface area contributed by atoms with E-state index in [4.69, 9.17) is 10.5 Å². The van der Waals surface area contributed by atoms with Gasteiger partial charge < -0.3 is 15.4 Å². The Morgan fingerprint density at radius 3 is 2.88 bits per heavy atom. The summed E-state index contributed by atoms with van der Waals surface area (Å²) in [5.41, 5.74) is 6.33. The van der Waals surface area contributed by atoms with Crippen molar-refractivity contribution in [3.8, 4) is 0 Å². The van der Waals surface area contributed by atoms with Crippen molar-refractivity contribution in [2.45, 2.75) is 24.8 Å². The lowest BCUT2D eigenvalue weighted by Crippen LogP contribution is -2.61. The molecule has 0 bridgehead atoms. The van der Waals surface area contributed by atoms with Crippen molar-refractivity contribution < 1.29 is 4.74 Å². The first kappa shape index (κ1) is 13.3. The van der Waals surface area contributed by atoms with E-state index >= 15 is 0 Å². The van der Waals surface area contributed by atoms with Crippen LogP contribution in [0.5, 0.6) is 0 Å². The van der Waals surface area contributed by atoms with Crippen LogP contribution >= 0.6 is 0 Å². The maximum Gasteiger partial charge on any atom is 0.0503 e. The quantitative estimate of drug-likeness (QED) is 0.772. The van der Waals surface area contributed by atoms with E-state index in [2.05, 4.69) is 16.8 Å². The number of likely N-dealkylation sites (N-methyl/N-ethyl adjacent to an activating group) is 1. The Labute approximate surface area is 105 Å². The van der Waals surface area contributed by atoms with Crippen LogP contribution in [0, 0.1) is 5.92 Å². The number of nitrogens with zero attached hydrogens (tertiary/aromatic N) is 2. The molecule has 2 atom stereocenters. The van der Waals surface area contributed by atoms with Crippen LogP contribution in [0.4, 0.5) is 0 Å². The topological polar surface area (TPSA) is 41.7 Å². The Hall–Kier alpha value is -0.160. The fourth-order valence-corrected chi connectivity index (χ4v) is 3.53. The first-order valence-electron chi connectivity index (χ1n) is 6.83. The maximum atomic E-state index is 6.10. The number of methoxy groups -OCH3 is 1. The molecule has 2 N–H and O–H groups in total. The van der Waals surface area contributed by atoms with Gasteiger partial charge in [-0.3, -0.25) is 4.90 Å². The van der Waals surface area contributed by atoms with Gasteiger partial charge in [-0.2, -0.15) is 0 Å². The minimum absolute atomic E-state index is 0.232. The van der Waals surface area contributed by atoms with Crippen LogP contribution in [0.15, 0.2) is 0 Å². The lowest BCUT2D eigenvalue weighted by molar-refractivity contribution is 0.0369. The molecule has 4 nitrogen and oxygen atoms in total. The highest BCUT2D eigenvalue weighted by Crippen LogP contribution is 2.31. The Morgan fingerprint density at radius 1 is 1.41 bits per heavy atom. The largest absolute Gasteiger partial charge is 0.384 e. The van der Waals surface area contributed by atoms with Gasteiger partial charge in [-0.25, -0.2) is 0 Å². The second-order valence-electron chi connectivity index (χ2n) is 5.83. The molecule has 0 aliphatic carbocycles. The van der Waals surface area contributed by atoms with Crippen LogP contribution in [0.2, 0.25) is 0 Å². The molecule has 2 unspecified atom stereocenters. The van der Waals surface area contributed by atoms with E-state index in [9.17, 15) is 0 Å². The number of nitrogens with two attached hydrogens (primary N) is 1.